The summed E-state index contributed by atoms with van der Waals surface area (Å²) in [5.41, 5.74) is 1.56. The molecule has 0 aromatic heterocycles. The summed E-state index contributed by atoms with van der Waals surface area (Å²) in [6, 6.07) is 12.8. The van der Waals surface area contributed by atoms with E-state index >= 15 is 0 Å². The quantitative estimate of drug-likeness (QED) is 0.683. The first-order valence-electron chi connectivity index (χ1n) is 8.51. The maximum absolute atomic E-state index is 12.4. The monoisotopic (exact) mass is 377 g/mol. The molecular formula is C20H21F2NO4. The summed E-state index contributed by atoms with van der Waals surface area (Å²) in [4.78, 5) is 24.0. The smallest absolute Gasteiger partial charge is 0.387 e. The molecule has 0 aliphatic heterocycles. The van der Waals surface area contributed by atoms with Gasteiger partial charge >= 0.3 is 12.6 Å². The average molecular weight is 377 g/mol. The lowest BCUT2D eigenvalue weighted by molar-refractivity contribution is -0.119. The summed E-state index contributed by atoms with van der Waals surface area (Å²) in [6.45, 7) is 0.595. The van der Waals surface area contributed by atoms with Crippen LogP contribution in [-0.4, -0.2) is 25.1 Å². The van der Waals surface area contributed by atoms with E-state index in [1.807, 2.05) is 12.1 Å². The van der Waals surface area contributed by atoms with Crippen LogP contribution >= 0.6 is 0 Å². The zero-order valence-electron chi connectivity index (χ0n) is 15.1. The van der Waals surface area contributed by atoms with Crippen LogP contribution in [0.4, 0.5) is 14.5 Å². The van der Waals surface area contributed by atoms with Gasteiger partial charge in [0, 0.05) is 5.69 Å². The molecule has 0 bridgehead atoms. The van der Waals surface area contributed by atoms with E-state index in [9.17, 15) is 18.4 Å². The van der Waals surface area contributed by atoms with Crippen LogP contribution in [-0.2, 0) is 9.53 Å². The highest BCUT2D eigenvalue weighted by Gasteiger charge is 2.17. The van der Waals surface area contributed by atoms with Gasteiger partial charge in [0.05, 0.1) is 0 Å². The van der Waals surface area contributed by atoms with Crippen LogP contribution in [0.25, 0.3) is 0 Å². The van der Waals surface area contributed by atoms with E-state index in [1.54, 1.807) is 12.1 Å². The highest BCUT2D eigenvalue weighted by atomic mass is 19.3. The molecule has 1 unspecified atom stereocenters. The molecule has 2 aromatic carbocycles. The van der Waals surface area contributed by atoms with Gasteiger partial charge in [-0.25, -0.2) is 4.79 Å². The Morgan fingerprint density at radius 1 is 1.07 bits per heavy atom. The Labute approximate surface area is 156 Å². The third-order valence-corrected chi connectivity index (χ3v) is 4.03. The number of nitrogens with one attached hydrogen (secondary N) is 1. The largest absolute Gasteiger partial charge is 0.452 e. The van der Waals surface area contributed by atoms with Gasteiger partial charge in [0.2, 0.25) is 0 Å². The van der Waals surface area contributed by atoms with Crippen molar-refractivity contribution in [3.05, 3.63) is 59.7 Å². The molecule has 0 spiro atoms. The van der Waals surface area contributed by atoms with E-state index in [0.717, 1.165) is 12.0 Å². The van der Waals surface area contributed by atoms with Crippen molar-refractivity contribution in [2.45, 2.75) is 32.8 Å². The maximum atomic E-state index is 12.4. The van der Waals surface area contributed by atoms with Crippen LogP contribution in [0, 0.1) is 0 Å². The van der Waals surface area contributed by atoms with Crippen molar-refractivity contribution >= 4 is 17.6 Å². The molecular weight excluding hydrogens is 356 g/mol. The zero-order chi connectivity index (χ0) is 19.8. The van der Waals surface area contributed by atoms with E-state index in [2.05, 4.69) is 23.9 Å². The van der Waals surface area contributed by atoms with Crippen molar-refractivity contribution in [2.75, 3.05) is 11.9 Å². The third kappa shape index (κ3) is 6.06. The SMILES string of the molecule is CCC(C)c1ccc(NC(=O)COC(=O)c2ccccc2OC(F)F)cc1. The van der Waals surface area contributed by atoms with Crippen molar-refractivity contribution in [2.24, 2.45) is 0 Å². The summed E-state index contributed by atoms with van der Waals surface area (Å²) >= 11 is 0. The number of anilines is 1. The molecule has 2 aromatic rings. The van der Waals surface area contributed by atoms with Gasteiger partial charge in [-0.05, 0) is 42.2 Å². The first kappa shape index (κ1) is 20.4. The van der Waals surface area contributed by atoms with Crippen molar-refractivity contribution in [1.29, 1.82) is 0 Å². The number of carbonyl (C=O) groups is 2. The second-order valence-electron chi connectivity index (χ2n) is 5.93. The summed E-state index contributed by atoms with van der Waals surface area (Å²) in [5.74, 6) is -1.34. The van der Waals surface area contributed by atoms with Gasteiger partial charge in [0.15, 0.2) is 6.61 Å². The number of benzene rings is 2. The van der Waals surface area contributed by atoms with E-state index in [0.29, 0.717) is 11.6 Å². The van der Waals surface area contributed by atoms with Gasteiger partial charge in [-0.2, -0.15) is 8.78 Å². The fraction of sp³-hybridized carbons (Fsp3) is 0.300. The Morgan fingerprint density at radius 2 is 1.74 bits per heavy atom. The van der Waals surface area contributed by atoms with Crippen LogP contribution in [0.2, 0.25) is 0 Å². The number of alkyl halides is 2. The minimum atomic E-state index is -3.07. The van der Waals surface area contributed by atoms with Crippen LogP contribution in [0.1, 0.15) is 42.1 Å². The third-order valence-electron chi connectivity index (χ3n) is 4.03. The first-order chi connectivity index (χ1) is 12.9. The molecule has 1 atom stereocenters. The Balaban J connectivity index is 1.91. The van der Waals surface area contributed by atoms with Crippen LogP contribution < -0.4 is 10.1 Å². The maximum Gasteiger partial charge on any atom is 0.387 e. The minimum absolute atomic E-state index is 0.177. The molecule has 1 N–H and O–H groups in total. The number of halogens is 2. The van der Waals surface area contributed by atoms with Gasteiger partial charge < -0.3 is 14.8 Å². The molecule has 0 fully saturated rings. The highest BCUT2D eigenvalue weighted by Crippen LogP contribution is 2.22. The van der Waals surface area contributed by atoms with Gasteiger partial charge in [-0.3, -0.25) is 4.79 Å². The number of ether oxygens (including phenoxy) is 2. The average Bonchev–Trinajstić information content (AvgIpc) is 2.66. The fourth-order valence-electron chi connectivity index (χ4n) is 2.37. The second-order valence-corrected chi connectivity index (χ2v) is 5.93. The number of hydrogen-bond acceptors (Lipinski definition) is 4. The van der Waals surface area contributed by atoms with Crippen LogP contribution in [0.15, 0.2) is 48.5 Å². The molecule has 0 aliphatic rings. The van der Waals surface area contributed by atoms with Gasteiger partial charge in [0.25, 0.3) is 5.91 Å². The summed E-state index contributed by atoms with van der Waals surface area (Å²) in [6.07, 6.45) is 1.01. The zero-order valence-corrected chi connectivity index (χ0v) is 15.1. The highest BCUT2D eigenvalue weighted by molar-refractivity contribution is 5.96. The number of hydrogen-bond donors (Lipinski definition) is 1. The molecule has 0 aliphatic carbocycles. The van der Waals surface area contributed by atoms with E-state index in [4.69, 9.17) is 4.74 Å². The Morgan fingerprint density at radius 3 is 2.37 bits per heavy atom. The molecule has 5 nitrogen and oxygen atoms in total. The Hall–Kier alpha value is -2.96. The molecule has 0 heterocycles. The molecule has 2 rings (SSSR count). The van der Waals surface area contributed by atoms with Crippen molar-refractivity contribution < 1.29 is 27.8 Å². The first-order valence-corrected chi connectivity index (χ1v) is 8.51. The van der Waals surface area contributed by atoms with Crippen molar-refractivity contribution in [1.82, 2.24) is 0 Å². The molecule has 27 heavy (non-hydrogen) atoms. The predicted molar refractivity (Wildman–Crippen MR) is 97.1 cm³/mol. The molecule has 0 saturated carbocycles. The van der Waals surface area contributed by atoms with Crippen LogP contribution in [0.5, 0.6) is 5.75 Å². The lowest BCUT2D eigenvalue weighted by atomic mass is 9.99. The Kier molecular flexibility index (Phi) is 7.28. The minimum Gasteiger partial charge on any atom is -0.452 e. The predicted octanol–water partition coefficient (Wildman–Crippen LogP) is 4.60. The lowest BCUT2D eigenvalue weighted by Gasteiger charge is -2.11. The van der Waals surface area contributed by atoms with Gasteiger partial charge in [-0.15, -0.1) is 0 Å². The summed E-state index contributed by atoms with van der Waals surface area (Å²) in [5, 5.41) is 2.61. The normalized spacial score (nSPS) is 11.7. The lowest BCUT2D eigenvalue weighted by Crippen LogP contribution is -2.21. The Bertz CT molecular complexity index is 778. The molecule has 1 amide bonds. The molecule has 0 radical (unpaired) electrons. The number of amides is 1. The topological polar surface area (TPSA) is 64.6 Å². The van der Waals surface area contributed by atoms with Crippen molar-refractivity contribution in [3.63, 3.8) is 0 Å². The second kappa shape index (κ2) is 9.66. The van der Waals surface area contributed by atoms with E-state index in [1.165, 1.54) is 24.3 Å². The molecule has 7 heteroatoms. The number of carbonyl (C=O) groups excluding carboxylic acids is 2. The number of para-hydroxylation sites is 1. The standard InChI is InChI=1S/C20H21F2NO4/c1-3-13(2)14-8-10-15(11-9-14)23-18(24)12-26-19(25)16-6-4-5-7-17(16)27-20(21)22/h4-11,13,20H,3,12H2,1-2H3,(H,23,24). The van der Waals surface area contributed by atoms with Crippen molar-refractivity contribution in [3.8, 4) is 5.75 Å². The number of esters is 1. The molecule has 0 saturated heterocycles. The molecule has 144 valence electrons. The fourth-order valence-corrected chi connectivity index (χ4v) is 2.37. The van der Waals surface area contributed by atoms with Gasteiger partial charge in [0.1, 0.15) is 11.3 Å². The van der Waals surface area contributed by atoms with Crippen LogP contribution in [0.3, 0.4) is 0 Å². The summed E-state index contributed by atoms with van der Waals surface area (Å²) in [7, 11) is 0. The van der Waals surface area contributed by atoms with E-state index in [-0.39, 0.29) is 11.3 Å². The summed E-state index contributed by atoms with van der Waals surface area (Å²) < 4.78 is 33.9. The van der Waals surface area contributed by atoms with E-state index < -0.39 is 25.1 Å². The number of rotatable bonds is 8. The van der Waals surface area contributed by atoms with Gasteiger partial charge in [-0.1, -0.05) is 38.1 Å².